The summed E-state index contributed by atoms with van der Waals surface area (Å²) in [5, 5.41) is 0. The van der Waals surface area contributed by atoms with Crippen molar-refractivity contribution in [2.45, 2.75) is 102 Å². The van der Waals surface area contributed by atoms with Crippen LogP contribution < -0.4 is 0 Å². The lowest BCUT2D eigenvalue weighted by Crippen LogP contribution is -2.69. The molecule has 5 nitrogen and oxygen atoms in total. The monoisotopic (exact) mass is 492 g/mol. The molecule has 0 radical (unpaired) electrons. The van der Waals surface area contributed by atoms with E-state index >= 15 is 0 Å². The highest BCUT2D eigenvalue weighted by atomic mass is 16.6. The highest BCUT2D eigenvalue weighted by Crippen LogP contribution is 2.51. The Kier molecular flexibility index (Phi) is 7.28. The zero-order chi connectivity index (χ0) is 25.2. The first kappa shape index (κ1) is 25.5. The lowest BCUT2D eigenvalue weighted by Gasteiger charge is -2.60. The summed E-state index contributed by atoms with van der Waals surface area (Å²) in [5.41, 5.74) is 1.04. The molecule has 36 heavy (non-hydrogen) atoms. The van der Waals surface area contributed by atoms with Gasteiger partial charge in [-0.1, -0.05) is 60.7 Å². The molecule has 3 aliphatic rings. The van der Waals surface area contributed by atoms with E-state index in [4.69, 9.17) is 23.7 Å². The third-order valence-electron chi connectivity index (χ3n) is 8.21. The maximum atomic E-state index is 6.93. The Morgan fingerprint density at radius 2 is 1.53 bits per heavy atom. The van der Waals surface area contributed by atoms with E-state index in [1.165, 1.54) is 5.56 Å². The summed E-state index contributed by atoms with van der Waals surface area (Å²) >= 11 is 0. The molecule has 5 heteroatoms. The van der Waals surface area contributed by atoms with Gasteiger partial charge in [0.25, 0.3) is 0 Å². The summed E-state index contributed by atoms with van der Waals surface area (Å²) in [7, 11) is 0. The van der Waals surface area contributed by atoms with Gasteiger partial charge in [0, 0.05) is 32.3 Å². The van der Waals surface area contributed by atoms with Gasteiger partial charge in [-0.25, -0.2) is 0 Å². The van der Waals surface area contributed by atoms with Gasteiger partial charge in [0.2, 0.25) is 0 Å². The van der Waals surface area contributed by atoms with Gasteiger partial charge in [-0.3, -0.25) is 0 Å². The molecular formula is C31H40O5. The molecule has 6 atom stereocenters. The van der Waals surface area contributed by atoms with Crippen LogP contribution in [0.15, 0.2) is 72.5 Å². The number of hydrogen-bond donors (Lipinski definition) is 0. The topological polar surface area (TPSA) is 46.2 Å². The van der Waals surface area contributed by atoms with Gasteiger partial charge in [0.1, 0.15) is 11.7 Å². The minimum absolute atomic E-state index is 0.0130. The number of fused-ring (bicyclic) bond motifs is 2. The van der Waals surface area contributed by atoms with Crippen LogP contribution in [0.5, 0.6) is 0 Å². The van der Waals surface area contributed by atoms with Crippen molar-refractivity contribution in [3.8, 4) is 0 Å². The van der Waals surface area contributed by atoms with E-state index in [2.05, 4.69) is 51.1 Å². The van der Waals surface area contributed by atoms with Gasteiger partial charge in [0.15, 0.2) is 0 Å². The van der Waals surface area contributed by atoms with E-state index in [0.29, 0.717) is 19.8 Å². The quantitative estimate of drug-likeness (QED) is 0.402. The van der Waals surface area contributed by atoms with Crippen molar-refractivity contribution in [2.24, 2.45) is 0 Å². The summed E-state index contributed by atoms with van der Waals surface area (Å²) in [4.78, 5) is 0. The van der Waals surface area contributed by atoms with E-state index in [1.807, 2.05) is 43.3 Å². The van der Waals surface area contributed by atoms with Crippen LogP contribution >= 0.6 is 0 Å². The molecule has 5 rings (SSSR count). The second-order valence-corrected chi connectivity index (χ2v) is 11.3. The van der Waals surface area contributed by atoms with Gasteiger partial charge in [-0.2, -0.15) is 0 Å². The molecule has 2 saturated heterocycles. The molecule has 0 amide bonds. The third kappa shape index (κ3) is 5.40. The van der Waals surface area contributed by atoms with Crippen LogP contribution in [-0.4, -0.2) is 41.7 Å². The first-order valence-electron chi connectivity index (χ1n) is 13.3. The van der Waals surface area contributed by atoms with E-state index in [1.54, 1.807) is 0 Å². The fourth-order valence-electron chi connectivity index (χ4n) is 5.92. The number of benzene rings is 2. The predicted octanol–water partition coefficient (Wildman–Crippen LogP) is 6.36. The molecule has 0 spiro atoms. The average Bonchev–Trinajstić information content (AvgIpc) is 2.87. The van der Waals surface area contributed by atoms with Gasteiger partial charge in [0.05, 0.1) is 42.4 Å². The Hall–Kier alpha value is -2.18. The van der Waals surface area contributed by atoms with E-state index < -0.39 is 11.2 Å². The smallest absolute Gasteiger partial charge is 0.130 e. The van der Waals surface area contributed by atoms with Crippen molar-refractivity contribution in [1.29, 1.82) is 0 Å². The number of ether oxygens (including phenoxy) is 5. The minimum atomic E-state index is -0.494. The Labute approximate surface area is 215 Å². The van der Waals surface area contributed by atoms with Crippen molar-refractivity contribution >= 4 is 0 Å². The van der Waals surface area contributed by atoms with Crippen LogP contribution in [0.2, 0.25) is 0 Å². The molecule has 2 aromatic carbocycles. The molecule has 0 N–H and O–H groups in total. The molecule has 0 aliphatic carbocycles. The van der Waals surface area contributed by atoms with Gasteiger partial charge < -0.3 is 23.7 Å². The second-order valence-electron chi connectivity index (χ2n) is 11.3. The van der Waals surface area contributed by atoms with Gasteiger partial charge >= 0.3 is 0 Å². The Morgan fingerprint density at radius 3 is 2.22 bits per heavy atom. The number of allylic oxidation sites excluding steroid dienone is 1. The van der Waals surface area contributed by atoms with E-state index in [9.17, 15) is 0 Å². The molecule has 3 heterocycles. The van der Waals surface area contributed by atoms with Gasteiger partial charge in [-0.05, 0) is 44.9 Å². The average molecular weight is 493 g/mol. The molecule has 194 valence electrons. The van der Waals surface area contributed by atoms with E-state index in [-0.39, 0.29) is 23.9 Å². The van der Waals surface area contributed by atoms with E-state index in [0.717, 1.165) is 37.0 Å². The highest BCUT2D eigenvalue weighted by Gasteiger charge is 2.60. The Morgan fingerprint density at radius 1 is 0.861 bits per heavy atom. The lowest BCUT2D eigenvalue weighted by atomic mass is 9.72. The van der Waals surface area contributed by atoms with Gasteiger partial charge in [-0.15, -0.1) is 0 Å². The van der Waals surface area contributed by atoms with Crippen molar-refractivity contribution in [2.75, 3.05) is 6.61 Å². The van der Waals surface area contributed by atoms with Crippen molar-refractivity contribution in [3.63, 3.8) is 0 Å². The Bertz CT molecular complexity index is 1040. The van der Waals surface area contributed by atoms with Crippen LogP contribution in [0, 0.1) is 0 Å². The van der Waals surface area contributed by atoms with Crippen LogP contribution in [0.1, 0.15) is 64.5 Å². The van der Waals surface area contributed by atoms with Crippen LogP contribution in [0.3, 0.4) is 0 Å². The number of rotatable bonds is 8. The van der Waals surface area contributed by atoms with Crippen molar-refractivity contribution in [3.05, 3.63) is 83.6 Å². The molecule has 2 aromatic rings. The fourth-order valence-corrected chi connectivity index (χ4v) is 5.92. The lowest BCUT2D eigenvalue weighted by molar-refractivity contribution is -0.342. The molecule has 2 fully saturated rings. The van der Waals surface area contributed by atoms with Crippen molar-refractivity contribution < 1.29 is 23.7 Å². The SMILES string of the molecule is CC1=CC[C@]2(C)O[C@]3(C)C[C@H](OCc4ccccc4)[C@@](C)(CCOCc4ccccc4)OC3C[C@H]2O1. The maximum absolute atomic E-state index is 6.93. The molecule has 0 aromatic heterocycles. The first-order chi connectivity index (χ1) is 17.3. The first-order valence-corrected chi connectivity index (χ1v) is 13.3. The summed E-state index contributed by atoms with van der Waals surface area (Å²) in [6, 6.07) is 20.6. The summed E-state index contributed by atoms with van der Waals surface area (Å²) in [6.07, 6.45) is 5.11. The molecule has 3 aliphatic heterocycles. The fraction of sp³-hybridized carbons (Fsp3) is 0.548. The predicted molar refractivity (Wildman–Crippen MR) is 139 cm³/mol. The van der Waals surface area contributed by atoms with Crippen LogP contribution in [0.4, 0.5) is 0 Å². The molecular weight excluding hydrogens is 452 g/mol. The van der Waals surface area contributed by atoms with Crippen molar-refractivity contribution in [1.82, 2.24) is 0 Å². The summed E-state index contributed by atoms with van der Waals surface area (Å²) in [6.45, 7) is 10.3. The Balaban J connectivity index is 1.31. The molecule has 0 bridgehead atoms. The summed E-state index contributed by atoms with van der Waals surface area (Å²) in [5.74, 6) is 0.974. The molecule has 1 unspecified atom stereocenters. The molecule has 0 saturated carbocycles. The summed E-state index contributed by atoms with van der Waals surface area (Å²) < 4.78 is 32.7. The number of hydrogen-bond acceptors (Lipinski definition) is 5. The normalized spacial score (nSPS) is 35.8. The standard InChI is InChI=1S/C31H40O5/c1-23-15-16-30(3)26(34-23)19-27-31(4,36-30)20-28(33-22-25-13-9-6-10-14-25)29(2,35-27)17-18-32-21-24-11-7-5-8-12-24/h5-15,26-28H,16-22H2,1-4H3/t26-,27?,28+,29-,30+,31-/m1/s1. The van der Waals surface area contributed by atoms with Crippen LogP contribution in [0.25, 0.3) is 0 Å². The third-order valence-corrected chi connectivity index (χ3v) is 8.21. The maximum Gasteiger partial charge on any atom is 0.130 e. The zero-order valence-electron chi connectivity index (χ0n) is 22.1. The van der Waals surface area contributed by atoms with Crippen LogP contribution in [-0.2, 0) is 36.9 Å². The zero-order valence-corrected chi connectivity index (χ0v) is 22.1. The second kappa shape index (κ2) is 10.3. The largest absolute Gasteiger partial charge is 0.492 e. The highest BCUT2D eigenvalue weighted by molar-refractivity contribution is 5.16. The minimum Gasteiger partial charge on any atom is -0.492 e.